The predicted octanol–water partition coefficient (Wildman–Crippen LogP) is 2.25. The molecule has 3 atom stereocenters. The van der Waals surface area contributed by atoms with Gasteiger partial charge in [0, 0.05) is 19.1 Å². The Morgan fingerprint density at radius 2 is 2.22 bits per heavy atom. The molecule has 0 aromatic heterocycles. The van der Waals surface area contributed by atoms with Crippen molar-refractivity contribution in [1.82, 2.24) is 10.2 Å². The number of benzene rings is 1. The molecule has 0 bridgehead atoms. The summed E-state index contributed by atoms with van der Waals surface area (Å²) < 4.78 is 6.09. The molecule has 1 aliphatic carbocycles. The van der Waals surface area contributed by atoms with Gasteiger partial charge in [0.15, 0.2) is 0 Å². The SMILES string of the molecule is Cc1cccc(CN2CC[C@@H]3C[C@H](C(=O)NC4CC4)O[C@H]3C2)c1. The standard InChI is InChI=1S/C19H26N2O2/c1-13-3-2-4-14(9-13)11-21-8-7-15-10-17(23-18(15)12-21)19(22)20-16-5-6-16/h2-4,9,15-18H,5-8,10-12H2,1H3,(H,20,22)/t15-,17-,18+/m1/s1. The van der Waals surface area contributed by atoms with Crippen LogP contribution < -0.4 is 5.32 Å². The Morgan fingerprint density at radius 3 is 3.00 bits per heavy atom. The van der Waals surface area contributed by atoms with Crippen LogP contribution >= 0.6 is 0 Å². The molecule has 4 heteroatoms. The van der Waals surface area contributed by atoms with Crippen molar-refractivity contribution in [3.05, 3.63) is 35.4 Å². The van der Waals surface area contributed by atoms with Crippen molar-refractivity contribution in [3.8, 4) is 0 Å². The lowest BCUT2D eigenvalue weighted by atomic mass is 9.91. The Kier molecular flexibility index (Phi) is 4.12. The molecule has 4 rings (SSSR count). The van der Waals surface area contributed by atoms with Crippen LogP contribution in [0.15, 0.2) is 24.3 Å². The van der Waals surface area contributed by atoms with Gasteiger partial charge in [-0.1, -0.05) is 29.8 Å². The van der Waals surface area contributed by atoms with Crippen LogP contribution in [-0.2, 0) is 16.1 Å². The number of hydrogen-bond acceptors (Lipinski definition) is 3. The van der Waals surface area contributed by atoms with Gasteiger partial charge >= 0.3 is 0 Å². The van der Waals surface area contributed by atoms with Crippen LogP contribution in [0, 0.1) is 12.8 Å². The van der Waals surface area contributed by atoms with Gasteiger partial charge in [0.2, 0.25) is 5.91 Å². The number of carbonyl (C=O) groups excluding carboxylic acids is 1. The van der Waals surface area contributed by atoms with Gasteiger partial charge in [0.25, 0.3) is 0 Å². The highest BCUT2D eigenvalue weighted by molar-refractivity contribution is 5.81. The zero-order chi connectivity index (χ0) is 15.8. The van der Waals surface area contributed by atoms with Gasteiger partial charge < -0.3 is 10.1 Å². The van der Waals surface area contributed by atoms with Gasteiger partial charge in [-0.25, -0.2) is 0 Å². The van der Waals surface area contributed by atoms with E-state index in [0.717, 1.165) is 45.3 Å². The first kappa shape index (κ1) is 15.2. The van der Waals surface area contributed by atoms with Crippen molar-refractivity contribution in [1.29, 1.82) is 0 Å². The molecule has 0 unspecified atom stereocenters. The van der Waals surface area contributed by atoms with E-state index in [9.17, 15) is 4.79 Å². The molecule has 1 saturated carbocycles. The number of fused-ring (bicyclic) bond motifs is 1. The number of ether oxygens (including phenoxy) is 1. The third-order valence-electron chi connectivity index (χ3n) is 5.34. The lowest BCUT2D eigenvalue weighted by Gasteiger charge is -2.34. The van der Waals surface area contributed by atoms with Crippen LogP contribution in [0.3, 0.4) is 0 Å². The van der Waals surface area contributed by atoms with Crippen LogP contribution in [0.25, 0.3) is 0 Å². The smallest absolute Gasteiger partial charge is 0.249 e. The minimum Gasteiger partial charge on any atom is -0.364 e. The summed E-state index contributed by atoms with van der Waals surface area (Å²) in [4.78, 5) is 14.7. The van der Waals surface area contributed by atoms with Gasteiger partial charge in [0.1, 0.15) is 6.10 Å². The fraction of sp³-hybridized carbons (Fsp3) is 0.632. The highest BCUT2D eigenvalue weighted by Crippen LogP contribution is 2.34. The van der Waals surface area contributed by atoms with Gasteiger partial charge in [-0.15, -0.1) is 0 Å². The van der Waals surface area contributed by atoms with E-state index in [1.807, 2.05) is 0 Å². The van der Waals surface area contributed by atoms with Crippen LogP contribution in [0.4, 0.5) is 0 Å². The summed E-state index contributed by atoms with van der Waals surface area (Å²) in [6.45, 7) is 5.17. The largest absolute Gasteiger partial charge is 0.364 e. The second kappa shape index (κ2) is 6.25. The lowest BCUT2D eigenvalue weighted by Crippen LogP contribution is -2.42. The molecule has 1 aromatic carbocycles. The first-order valence-electron chi connectivity index (χ1n) is 8.91. The van der Waals surface area contributed by atoms with E-state index in [1.165, 1.54) is 11.1 Å². The molecule has 124 valence electrons. The number of hydrogen-bond donors (Lipinski definition) is 1. The molecule has 0 radical (unpaired) electrons. The summed E-state index contributed by atoms with van der Waals surface area (Å²) in [7, 11) is 0. The molecule has 3 fully saturated rings. The van der Waals surface area contributed by atoms with Crippen LogP contribution in [0.2, 0.25) is 0 Å². The van der Waals surface area contributed by atoms with Crippen molar-refractivity contribution in [2.24, 2.45) is 5.92 Å². The minimum absolute atomic E-state index is 0.118. The number of carbonyl (C=O) groups is 1. The van der Waals surface area contributed by atoms with Crippen LogP contribution in [0.5, 0.6) is 0 Å². The minimum atomic E-state index is -0.218. The number of amides is 1. The number of rotatable bonds is 4. The zero-order valence-electron chi connectivity index (χ0n) is 13.8. The monoisotopic (exact) mass is 314 g/mol. The molecule has 1 amide bonds. The fourth-order valence-electron chi connectivity index (χ4n) is 3.90. The van der Waals surface area contributed by atoms with Crippen molar-refractivity contribution in [2.75, 3.05) is 13.1 Å². The van der Waals surface area contributed by atoms with Crippen molar-refractivity contribution < 1.29 is 9.53 Å². The number of nitrogens with one attached hydrogen (secondary N) is 1. The molecule has 1 aromatic rings. The third-order valence-corrected chi connectivity index (χ3v) is 5.34. The molecule has 2 saturated heterocycles. The summed E-state index contributed by atoms with van der Waals surface area (Å²) in [5.74, 6) is 0.672. The molecule has 4 nitrogen and oxygen atoms in total. The average molecular weight is 314 g/mol. The molecule has 1 N–H and O–H groups in total. The summed E-state index contributed by atoms with van der Waals surface area (Å²) in [5.41, 5.74) is 2.68. The zero-order valence-corrected chi connectivity index (χ0v) is 13.8. The highest BCUT2D eigenvalue weighted by atomic mass is 16.5. The van der Waals surface area contributed by atoms with E-state index in [4.69, 9.17) is 4.74 Å². The highest BCUT2D eigenvalue weighted by Gasteiger charge is 2.42. The van der Waals surface area contributed by atoms with Crippen LogP contribution in [-0.4, -0.2) is 42.1 Å². The van der Waals surface area contributed by atoms with Gasteiger partial charge in [-0.2, -0.15) is 0 Å². The van der Waals surface area contributed by atoms with Gasteiger partial charge in [-0.3, -0.25) is 9.69 Å². The van der Waals surface area contributed by atoms with Crippen molar-refractivity contribution >= 4 is 5.91 Å². The summed E-state index contributed by atoms with van der Waals surface area (Å²) in [5, 5.41) is 3.09. The average Bonchev–Trinajstić information content (AvgIpc) is 3.23. The van der Waals surface area contributed by atoms with E-state index < -0.39 is 0 Å². The summed E-state index contributed by atoms with van der Waals surface area (Å²) >= 11 is 0. The number of aryl methyl sites for hydroxylation is 1. The molecule has 3 aliphatic rings. The van der Waals surface area contributed by atoms with Gasteiger partial charge in [0.05, 0.1) is 6.10 Å². The van der Waals surface area contributed by atoms with Crippen molar-refractivity contribution in [2.45, 2.75) is 57.4 Å². The first-order chi connectivity index (χ1) is 11.2. The summed E-state index contributed by atoms with van der Waals surface area (Å²) in [6, 6.07) is 9.14. The molecule has 23 heavy (non-hydrogen) atoms. The topological polar surface area (TPSA) is 41.6 Å². The lowest BCUT2D eigenvalue weighted by molar-refractivity contribution is -0.133. The van der Waals surface area contributed by atoms with E-state index >= 15 is 0 Å². The second-order valence-corrected chi connectivity index (χ2v) is 7.45. The van der Waals surface area contributed by atoms with E-state index in [1.54, 1.807) is 0 Å². The first-order valence-corrected chi connectivity index (χ1v) is 8.91. The third kappa shape index (κ3) is 3.59. The molecule has 0 spiro atoms. The Bertz CT molecular complexity index is 584. The number of piperidine rings is 1. The van der Waals surface area contributed by atoms with E-state index in [0.29, 0.717) is 12.0 Å². The predicted molar refractivity (Wildman–Crippen MR) is 89.0 cm³/mol. The van der Waals surface area contributed by atoms with Crippen molar-refractivity contribution in [3.63, 3.8) is 0 Å². The molecule has 2 heterocycles. The molecular weight excluding hydrogens is 288 g/mol. The molecular formula is C19H26N2O2. The quantitative estimate of drug-likeness (QED) is 0.927. The van der Waals surface area contributed by atoms with Gasteiger partial charge in [-0.05, 0) is 50.6 Å². The maximum Gasteiger partial charge on any atom is 0.249 e. The van der Waals surface area contributed by atoms with E-state index in [-0.39, 0.29) is 18.1 Å². The van der Waals surface area contributed by atoms with Crippen LogP contribution in [0.1, 0.15) is 36.8 Å². The Hall–Kier alpha value is -1.39. The Labute approximate surface area is 138 Å². The Morgan fingerprint density at radius 1 is 1.35 bits per heavy atom. The fourth-order valence-corrected chi connectivity index (χ4v) is 3.90. The molecule has 2 aliphatic heterocycles. The van der Waals surface area contributed by atoms with E-state index in [2.05, 4.69) is 41.4 Å². The Balaban J connectivity index is 1.33. The number of likely N-dealkylation sites (tertiary alicyclic amines) is 1. The summed E-state index contributed by atoms with van der Waals surface area (Å²) in [6.07, 6.45) is 4.32. The number of nitrogens with zero attached hydrogens (tertiary/aromatic N) is 1. The second-order valence-electron chi connectivity index (χ2n) is 7.45. The maximum absolute atomic E-state index is 12.2. The normalized spacial score (nSPS) is 30.9. The maximum atomic E-state index is 12.2.